The van der Waals surface area contributed by atoms with E-state index in [1.165, 1.54) is 0 Å². The zero-order chi connectivity index (χ0) is 18.8. The van der Waals surface area contributed by atoms with Gasteiger partial charge in [0.15, 0.2) is 0 Å². The van der Waals surface area contributed by atoms with E-state index in [0.29, 0.717) is 24.0 Å². The molecule has 0 N–H and O–H groups in total. The molecule has 1 rings (SSSR count). The SMILES string of the molecule is CCc1c(Cl)c(OCC=C(Cl)Cl)cc(C)c1OCCCON=C(C)C. The van der Waals surface area contributed by atoms with Crippen LogP contribution in [0.4, 0.5) is 0 Å². The zero-order valence-corrected chi connectivity index (χ0v) is 17.3. The summed E-state index contributed by atoms with van der Waals surface area (Å²) >= 11 is 17.6. The van der Waals surface area contributed by atoms with Crippen LogP contribution in [-0.4, -0.2) is 25.5 Å². The van der Waals surface area contributed by atoms with Gasteiger partial charge in [0.25, 0.3) is 0 Å². The van der Waals surface area contributed by atoms with Gasteiger partial charge < -0.3 is 14.3 Å². The Balaban J connectivity index is 2.75. The van der Waals surface area contributed by atoms with Gasteiger partial charge in [-0.3, -0.25) is 0 Å². The lowest BCUT2D eigenvalue weighted by Crippen LogP contribution is -2.06. The highest BCUT2D eigenvalue weighted by Gasteiger charge is 2.16. The van der Waals surface area contributed by atoms with Gasteiger partial charge in [-0.2, -0.15) is 0 Å². The number of aryl methyl sites for hydroxylation is 1. The predicted molar refractivity (Wildman–Crippen MR) is 106 cm³/mol. The Bertz CT molecular complexity index is 622. The number of rotatable bonds is 10. The number of hydrogen-bond donors (Lipinski definition) is 0. The molecule has 0 aromatic heterocycles. The van der Waals surface area contributed by atoms with Crippen molar-refractivity contribution in [3.05, 3.63) is 32.8 Å². The Hall–Kier alpha value is -1.10. The van der Waals surface area contributed by atoms with Gasteiger partial charge in [-0.15, -0.1) is 0 Å². The molecular formula is C18H24Cl3NO3. The molecule has 0 heterocycles. The molecule has 140 valence electrons. The van der Waals surface area contributed by atoms with Gasteiger partial charge in [0.1, 0.15) is 29.2 Å². The second kappa shape index (κ2) is 11.5. The van der Waals surface area contributed by atoms with E-state index in [9.17, 15) is 0 Å². The van der Waals surface area contributed by atoms with Crippen LogP contribution in [0.3, 0.4) is 0 Å². The van der Waals surface area contributed by atoms with Crippen molar-refractivity contribution in [3.63, 3.8) is 0 Å². The van der Waals surface area contributed by atoms with Crippen LogP contribution in [0.15, 0.2) is 21.8 Å². The topological polar surface area (TPSA) is 40.0 Å². The average molecular weight is 409 g/mol. The van der Waals surface area contributed by atoms with Crippen molar-refractivity contribution < 1.29 is 14.3 Å². The van der Waals surface area contributed by atoms with Crippen LogP contribution in [0.1, 0.15) is 38.3 Å². The summed E-state index contributed by atoms with van der Waals surface area (Å²) in [5.41, 5.74) is 2.76. The minimum absolute atomic E-state index is 0.160. The highest BCUT2D eigenvalue weighted by atomic mass is 35.5. The maximum absolute atomic E-state index is 6.46. The number of halogens is 3. The summed E-state index contributed by atoms with van der Waals surface area (Å²) in [7, 11) is 0. The van der Waals surface area contributed by atoms with Crippen LogP contribution in [0.2, 0.25) is 5.02 Å². The molecule has 0 fully saturated rings. The van der Waals surface area contributed by atoms with Crippen molar-refractivity contribution in [2.75, 3.05) is 19.8 Å². The summed E-state index contributed by atoms with van der Waals surface area (Å²) in [4.78, 5) is 5.16. The minimum atomic E-state index is 0.160. The van der Waals surface area contributed by atoms with Crippen molar-refractivity contribution >= 4 is 40.5 Å². The molecular weight excluding hydrogens is 385 g/mol. The number of hydrogen-bond acceptors (Lipinski definition) is 4. The summed E-state index contributed by atoms with van der Waals surface area (Å²) in [6, 6.07) is 1.86. The number of oxime groups is 1. The van der Waals surface area contributed by atoms with E-state index in [1.807, 2.05) is 33.8 Å². The van der Waals surface area contributed by atoms with Gasteiger partial charge in [0.05, 0.1) is 17.3 Å². The standard InChI is InChI=1S/C18H24Cl3NO3/c1-5-14-17(21)15(23-10-7-16(19)20)11-13(4)18(14)24-8-6-9-25-22-12(2)3/h7,11H,5-6,8-10H2,1-4H3. The largest absolute Gasteiger partial charge is 0.493 e. The molecule has 0 saturated carbocycles. The first kappa shape index (κ1) is 21.9. The molecule has 0 aliphatic carbocycles. The summed E-state index contributed by atoms with van der Waals surface area (Å²) < 4.78 is 11.7. The van der Waals surface area contributed by atoms with Gasteiger partial charge >= 0.3 is 0 Å². The molecule has 0 radical (unpaired) electrons. The van der Waals surface area contributed by atoms with E-state index in [1.54, 1.807) is 6.08 Å². The number of nitrogens with zero attached hydrogens (tertiary/aromatic N) is 1. The summed E-state index contributed by atoms with van der Waals surface area (Å²) in [6.45, 7) is 9.03. The molecule has 0 spiro atoms. The second-order valence-corrected chi connectivity index (χ2v) is 6.93. The molecule has 0 amide bonds. The van der Waals surface area contributed by atoms with Gasteiger partial charge in [0, 0.05) is 12.0 Å². The Morgan fingerprint density at radius 2 is 1.92 bits per heavy atom. The molecule has 4 nitrogen and oxygen atoms in total. The van der Waals surface area contributed by atoms with Gasteiger partial charge in [-0.1, -0.05) is 46.9 Å². The van der Waals surface area contributed by atoms with Crippen LogP contribution in [0, 0.1) is 6.92 Å². The smallest absolute Gasteiger partial charge is 0.139 e. The molecule has 0 aliphatic rings. The van der Waals surface area contributed by atoms with Crippen molar-refractivity contribution in [3.8, 4) is 11.5 Å². The molecule has 0 atom stereocenters. The van der Waals surface area contributed by atoms with E-state index in [-0.39, 0.29) is 11.1 Å². The fourth-order valence-electron chi connectivity index (χ4n) is 2.10. The maximum Gasteiger partial charge on any atom is 0.139 e. The lowest BCUT2D eigenvalue weighted by atomic mass is 10.1. The Kier molecular flexibility index (Phi) is 10.1. The fourth-order valence-corrected chi connectivity index (χ4v) is 2.56. The minimum Gasteiger partial charge on any atom is -0.493 e. The van der Waals surface area contributed by atoms with Crippen molar-refractivity contribution in [1.29, 1.82) is 0 Å². The zero-order valence-electron chi connectivity index (χ0n) is 15.0. The molecule has 0 unspecified atom stereocenters. The third kappa shape index (κ3) is 7.76. The second-order valence-electron chi connectivity index (χ2n) is 5.55. The quantitative estimate of drug-likeness (QED) is 0.267. The van der Waals surface area contributed by atoms with Crippen LogP contribution < -0.4 is 9.47 Å². The van der Waals surface area contributed by atoms with E-state index in [4.69, 9.17) is 49.1 Å². The monoisotopic (exact) mass is 407 g/mol. The highest BCUT2D eigenvalue weighted by molar-refractivity contribution is 6.55. The molecule has 25 heavy (non-hydrogen) atoms. The maximum atomic E-state index is 6.46. The van der Waals surface area contributed by atoms with Crippen LogP contribution in [-0.2, 0) is 11.3 Å². The molecule has 0 bridgehead atoms. The van der Waals surface area contributed by atoms with Crippen molar-refractivity contribution in [2.45, 2.75) is 40.5 Å². The van der Waals surface area contributed by atoms with Crippen LogP contribution >= 0.6 is 34.8 Å². The summed E-state index contributed by atoms with van der Waals surface area (Å²) in [6.07, 6.45) is 3.02. The lowest BCUT2D eigenvalue weighted by Gasteiger charge is -2.17. The van der Waals surface area contributed by atoms with Crippen LogP contribution in [0.25, 0.3) is 0 Å². The average Bonchev–Trinajstić information content (AvgIpc) is 2.54. The number of benzene rings is 1. The Labute approximate surface area is 164 Å². The van der Waals surface area contributed by atoms with E-state index in [2.05, 4.69) is 5.16 Å². The normalized spacial score (nSPS) is 10.2. The third-order valence-electron chi connectivity index (χ3n) is 3.16. The summed E-state index contributed by atoms with van der Waals surface area (Å²) in [5.74, 6) is 1.38. The van der Waals surface area contributed by atoms with E-state index in [0.717, 1.165) is 35.4 Å². The number of ether oxygens (including phenoxy) is 2. The van der Waals surface area contributed by atoms with Crippen molar-refractivity contribution in [2.24, 2.45) is 5.16 Å². The molecule has 1 aromatic carbocycles. The predicted octanol–water partition coefficient (Wildman–Crippen LogP) is 6.09. The Morgan fingerprint density at radius 1 is 1.20 bits per heavy atom. The van der Waals surface area contributed by atoms with Crippen LogP contribution in [0.5, 0.6) is 11.5 Å². The first-order valence-electron chi connectivity index (χ1n) is 8.08. The molecule has 0 saturated heterocycles. The molecule has 7 heteroatoms. The summed E-state index contributed by atoms with van der Waals surface area (Å²) in [5, 5.41) is 4.43. The fraction of sp³-hybridized carbons (Fsp3) is 0.500. The molecule has 0 aliphatic heterocycles. The van der Waals surface area contributed by atoms with E-state index >= 15 is 0 Å². The van der Waals surface area contributed by atoms with Crippen molar-refractivity contribution in [1.82, 2.24) is 0 Å². The third-order valence-corrected chi connectivity index (χ3v) is 3.89. The van der Waals surface area contributed by atoms with Gasteiger partial charge in [-0.25, -0.2) is 0 Å². The van der Waals surface area contributed by atoms with E-state index < -0.39 is 0 Å². The molecule has 1 aromatic rings. The first-order chi connectivity index (χ1) is 11.9. The van der Waals surface area contributed by atoms with Gasteiger partial charge in [-0.05, 0) is 44.9 Å². The lowest BCUT2D eigenvalue weighted by molar-refractivity contribution is 0.127. The highest BCUT2D eigenvalue weighted by Crippen LogP contribution is 2.38. The van der Waals surface area contributed by atoms with Gasteiger partial charge in [0.2, 0.25) is 0 Å². The first-order valence-corrected chi connectivity index (χ1v) is 9.22. The Morgan fingerprint density at radius 3 is 2.52 bits per heavy atom.